The van der Waals surface area contributed by atoms with Crippen molar-refractivity contribution in [2.24, 2.45) is 5.92 Å². The van der Waals surface area contributed by atoms with Crippen molar-refractivity contribution in [3.63, 3.8) is 0 Å². The van der Waals surface area contributed by atoms with Gasteiger partial charge in [0.05, 0.1) is 0 Å². The zero-order valence-corrected chi connectivity index (χ0v) is 12.0. The van der Waals surface area contributed by atoms with Crippen molar-refractivity contribution in [3.05, 3.63) is 0 Å². The van der Waals surface area contributed by atoms with Gasteiger partial charge in [0, 0.05) is 24.7 Å². The molecule has 2 aliphatic carbocycles. The van der Waals surface area contributed by atoms with E-state index in [9.17, 15) is 0 Å². The second-order valence-electron chi connectivity index (χ2n) is 6.83. The molecule has 0 bridgehead atoms. The van der Waals surface area contributed by atoms with Gasteiger partial charge in [-0.15, -0.1) is 0 Å². The van der Waals surface area contributed by atoms with Gasteiger partial charge >= 0.3 is 0 Å². The highest BCUT2D eigenvalue weighted by Crippen LogP contribution is 2.34. The first kappa shape index (κ1) is 12.9. The van der Waals surface area contributed by atoms with Crippen LogP contribution in [0, 0.1) is 5.92 Å². The summed E-state index contributed by atoms with van der Waals surface area (Å²) in [6.07, 6.45) is 13.0. The Morgan fingerprint density at radius 1 is 1.11 bits per heavy atom. The fourth-order valence-corrected chi connectivity index (χ4v) is 4.08. The highest BCUT2D eigenvalue weighted by molar-refractivity contribution is 4.96. The maximum atomic E-state index is 3.94. The molecule has 18 heavy (non-hydrogen) atoms. The summed E-state index contributed by atoms with van der Waals surface area (Å²) in [5.41, 5.74) is 0. The molecule has 0 spiro atoms. The van der Waals surface area contributed by atoms with E-state index in [-0.39, 0.29) is 0 Å². The summed E-state index contributed by atoms with van der Waals surface area (Å²) in [6, 6.07) is 2.62. The molecule has 3 atom stereocenters. The molecule has 1 N–H and O–H groups in total. The molecule has 0 aromatic carbocycles. The van der Waals surface area contributed by atoms with Crippen molar-refractivity contribution in [1.82, 2.24) is 10.2 Å². The third-order valence-electron chi connectivity index (χ3n) is 5.26. The van der Waals surface area contributed by atoms with E-state index in [4.69, 9.17) is 0 Å². The number of rotatable bonds is 6. The van der Waals surface area contributed by atoms with Crippen molar-refractivity contribution in [3.8, 4) is 0 Å². The fourth-order valence-electron chi connectivity index (χ4n) is 4.08. The maximum Gasteiger partial charge on any atom is 0.0201 e. The van der Waals surface area contributed by atoms with Gasteiger partial charge in [-0.1, -0.05) is 26.2 Å². The van der Waals surface area contributed by atoms with E-state index in [1.807, 2.05) is 0 Å². The molecule has 1 saturated heterocycles. The second kappa shape index (κ2) is 5.92. The molecule has 3 fully saturated rings. The molecule has 2 nitrogen and oxygen atoms in total. The average molecular weight is 250 g/mol. The minimum absolute atomic E-state index is 0.801. The van der Waals surface area contributed by atoms with Crippen molar-refractivity contribution < 1.29 is 0 Å². The topological polar surface area (TPSA) is 15.3 Å². The number of fused-ring (bicyclic) bond motifs is 1. The Hall–Kier alpha value is -0.0800. The summed E-state index contributed by atoms with van der Waals surface area (Å²) < 4.78 is 0. The molecular weight excluding hydrogens is 220 g/mol. The van der Waals surface area contributed by atoms with Gasteiger partial charge in [-0.25, -0.2) is 0 Å². The highest BCUT2D eigenvalue weighted by Gasteiger charge is 2.37. The van der Waals surface area contributed by atoms with E-state index in [0.29, 0.717) is 0 Å². The molecule has 0 radical (unpaired) electrons. The highest BCUT2D eigenvalue weighted by atomic mass is 15.2. The van der Waals surface area contributed by atoms with Gasteiger partial charge < -0.3 is 5.32 Å². The molecule has 1 aliphatic heterocycles. The number of hydrogen-bond donors (Lipinski definition) is 1. The Balaban J connectivity index is 1.49. The lowest BCUT2D eigenvalue weighted by Gasteiger charge is -2.26. The number of unbranched alkanes of at least 4 members (excludes halogenated alkanes) is 1. The second-order valence-corrected chi connectivity index (χ2v) is 6.83. The molecule has 3 rings (SSSR count). The fraction of sp³-hybridized carbons (Fsp3) is 1.00. The zero-order valence-electron chi connectivity index (χ0n) is 12.0. The van der Waals surface area contributed by atoms with Crippen LogP contribution in [0.15, 0.2) is 0 Å². The lowest BCUT2D eigenvalue weighted by atomic mass is 9.85. The van der Waals surface area contributed by atoms with Crippen molar-refractivity contribution in [2.75, 3.05) is 13.1 Å². The van der Waals surface area contributed by atoms with Crippen LogP contribution in [-0.2, 0) is 0 Å². The average Bonchev–Trinajstić information content (AvgIpc) is 3.14. The normalized spacial score (nSPS) is 36.0. The van der Waals surface area contributed by atoms with E-state index in [0.717, 1.165) is 24.0 Å². The molecule has 3 unspecified atom stereocenters. The zero-order chi connectivity index (χ0) is 12.4. The Morgan fingerprint density at radius 3 is 2.67 bits per heavy atom. The summed E-state index contributed by atoms with van der Waals surface area (Å²) in [6.45, 7) is 4.99. The molecule has 0 amide bonds. The van der Waals surface area contributed by atoms with Crippen LogP contribution in [0.3, 0.4) is 0 Å². The van der Waals surface area contributed by atoms with Crippen LogP contribution >= 0.6 is 0 Å². The quantitative estimate of drug-likeness (QED) is 0.779. The van der Waals surface area contributed by atoms with Gasteiger partial charge in [-0.2, -0.15) is 0 Å². The van der Waals surface area contributed by atoms with Gasteiger partial charge in [0.15, 0.2) is 0 Å². The maximum absolute atomic E-state index is 3.94. The lowest BCUT2D eigenvalue weighted by Crippen LogP contribution is -2.41. The van der Waals surface area contributed by atoms with E-state index >= 15 is 0 Å². The predicted octanol–water partition coefficient (Wildman–Crippen LogP) is 3.17. The van der Waals surface area contributed by atoms with Crippen LogP contribution in [0.25, 0.3) is 0 Å². The van der Waals surface area contributed by atoms with Crippen molar-refractivity contribution in [1.29, 1.82) is 0 Å². The number of nitrogens with one attached hydrogen (secondary N) is 1. The molecule has 2 saturated carbocycles. The number of hydrogen-bond acceptors (Lipinski definition) is 2. The van der Waals surface area contributed by atoms with E-state index in [2.05, 4.69) is 17.1 Å². The van der Waals surface area contributed by atoms with Gasteiger partial charge in [0.2, 0.25) is 0 Å². The molecule has 1 heterocycles. The van der Waals surface area contributed by atoms with Crippen LogP contribution in [0.4, 0.5) is 0 Å². The Kier molecular flexibility index (Phi) is 4.25. The van der Waals surface area contributed by atoms with E-state index in [1.165, 1.54) is 70.9 Å². The van der Waals surface area contributed by atoms with Crippen molar-refractivity contribution >= 4 is 0 Å². The number of nitrogens with zero attached hydrogens (tertiary/aromatic N) is 1. The monoisotopic (exact) mass is 250 g/mol. The van der Waals surface area contributed by atoms with Crippen LogP contribution in [-0.4, -0.2) is 36.1 Å². The van der Waals surface area contributed by atoms with E-state index in [1.54, 1.807) is 0 Å². The Bertz CT molecular complexity index is 248. The van der Waals surface area contributed by atoms with Crippen molar-refractivity contribution in [2.45, 2.75) is 82.8 Å². The summed E-state index contributed by atoms with van der Waals surface area (Å²) in [7, 11) is 0. The largest absolute Gasteiger partial charge is 0.310 e. The summed E-state index contributed by atoms with van der Waals surface area (Å²) in [5, 5.41) is 3.94. The third kappa shape index (κ3) is 3.08. The van der Waals surface area contributed by atoms with Gasteiger partial charge in [0.1, 0.15) is 0 Å². The molecule has 3 aliphatic rings. The molecular formula is C16H30N2. The third-order valence-corrected chi connectivity index (χ3v) is 5.26. The smallest absolute Gasteiger partial charge is 0.0201 e. The minimum Gasteiger partial charge on any atom is -0.310 e. The van der Waals surface area contributed by atoms with Crippen LogP contribution in [0.1, 0.15) is 64.7 Å². The Morgan fingerprint density at radius 2 is 1.94 bits per heavy atom. The molecule has 104 valence electrons. The first-order valence-corrected chi connectivity index (χ1v) is 8.37. The molecule has 0 aromatic rings. The summed E-state index contributed by atoms with van der Waals surface area (Å²) in [4.78, 5) is 2.79. The van der Waals surface area contributed by atoms with Crippen LogP contribution in [0.2, 0.25) is 0 Å². The molecule has 2 heteroatoms. The first-order chi connectivity index (χ1) is 8.86. The minimum atomic E-state index is 0.801. The van der Waals surface area contributed by atoms with Gasteiger partial charge in [-0.3, -0.25) is 4.90 Å². The predicted molar refractivity (Wildman–Crippen MR) is 76.8 cm³/mol. The van der Waals surface area contributed by atoms with Crippen LogP contribution in [0.5, 0.6) is 0 Å². The van der Waals surface area contributed by atoms with Crippen LogP contribution < -0.4 is 5.32 Å². The molecule has 0 aromatic heterocycles. The summed E-state index contributed by atoms with van der Waals surface area (Å²) >= 11 is 0. The van der Waals surface area contributed by atoms with Gasteiger partial charge in [-0.05, 0) is 51.0 Å². The Labute approximate surface area is 113 Å². The lowest BCUT2D eigenvalue weighted by molar-refractivity contribution is 0.233. The standard InChI is InChI=1S/C16H30N2/c1-2-3-10-18(15-8-9-15)12-14-11-13-6-4-5-7-16(13)17-14/h13-17H,2-12H2,1H3. The SMILES string of the molecule is CCCCN(CC1CC2CCCCC2N1)C1CC1. The van der Waals surface area contributed by atoms with E-state index < -0.39 is 0 Å². The summed E-state index contributed by atoms with van der Waals surface area (Å²) in [5.74, 6) is 1.01. The van der Waals surface area contributed by atoms with Gasteiger partial charge in [0.25, 0.3) is 0 Å². The first-order valence-electron chi connectivity index (χ1n) is 8.37.